The largest absolute Gasteiger partial charge is 0.314 e. The number of rotatable bonds is 6. The molecule has 17 heavy (non-hydrogen) atoms. The lowest BCUT2D eigenvalue weighted by molar-refractivity contribution is 0.330. The summed E-state index contributed by atoms with van der Waals surface area (Å²) in [6.07, 6.45) is 3.68. The summed E-state index contributed by atoms with van der Waals surface area (Å²) in [6, 6.07) is 11.4. The quantitative estimate of drug-likeness (QED) is 0.782. The first kappa shape index (κ1) is 14.2. The molecule has 1 nitrogen and oxygen atoms in total. The molecule has 1 aromatic rings. The van der Waals surface area contributed by atoms with E-state index in [9.17, 15) is 0 Å². The van der Waals surface area contributed by atoms with Crippen molar-refractivity contribution in [3.63, 3.8) is 0 Å². The fourth-order valence-electron chi connectivity index (χ4n) is 2.07. The van der Waals surface area contributed by atoms with Gasteiger partial charge in [0.05, 0.1) is 0 Å². The van der Waals surface area contributed by atoms with Gasteiger partial charge < -0.3 is 5.32 Å². The van der Waals surface area contributed by atoms with Crippen molar-refractivity contribution < 1.29 is 0 Å². The molecule has 0 saturated heterocycles. The molecule has 1 unspecified atom stereocenters. The molecule has 0 fully saturated rings. The van der Waals surface area contributed by atoms with E-state index in [0.717, 1.165) is 13.0 Å². The highest BCUT2D eigenvalue weighted by atomic mass is 14.9. The molecular formula is C16H27N. The van der Waals surface area contributed by atoms with Gasteiger partial charge in [-0.3, -0.25) is 0 Å². The molecule has 0 bridgehead atoms. The van der Waals surface area contributed by atoms with Crippen molar-refractivity contribution in [1.29, 1.82) is 0 Å². The third-order valence-electron chi connectivity index (χ3n) is 3.06. The van der Waals surface area contributed by atoms with Gasteiger partial charge in [-0.05, 0) is 36.8 Å². The second-order valence-corrected chi connectivity index (χ2v) is 6.04. The van der Waals surface area contributed by atoms with Crippen LogP contribution in [0.5, 0.6) is 0 Å². The van der Waals surface area contributed by atoms with E-state index in [1.165, 1.54) is 18.4 Å². The van der Waals surface area contributed by atoms with Gasteiger partial charge in [-0.15, -0.1) is 0 Å². The lowest BCUT2D eigenvalue weighted by atomic mass is 9.87. The van der Waals surface area contributed by atoms with Gasteiger partial charge in [0.25, 0.3) is 0 Å². The number of nitrogens with one attached hydrogen (secondary N) is 1. The first-order chi connectivity index (χ1) is 8.01. The van der Waals surface area contributed by atoms with Crippen LogP contribution in [0.3, 0.4) is 0 Å². The molecule has 0 radical (unpaired) electrons. The van der Waals surface area contributed by atoms with E-state index < -0.39 is 0 Å². The number of hydrogen-bond donors (Lipinski definition) is 1. The van der Waals surface area contributed by atoms with Crippen molar-refractivity contribution in [2.24, 2.45) is 5.41 Å². The van der Waals surface area contributed by atoms with Gasteiger partial charge in [0.1, 0.15) is 0 Å². The first-order valence-corrected chi connectivity index (χ1v) is 6.78. The number of benzene rings is 1. The molecule has 1 N–H and O–H groups in total. The van der Waals surface area contributed by atoms with Crippen molar-refractivity contribution in [2.75, 3.05) is 6.54 Å². The summed E-state index contributed by atoms with van der Waals surface area (Å²) in [5.74, 6) is 0. The van der Waals surface area contributed by atoms with Gasteiger partial charge in [-0.2, -0.15) is 0 Å². The van der Waals surface area contributed by atoms with Gasteiger partial charge in [-0.1, -0.05) is 58.0 Å². The van der Waals surface area contributed by atoms with Gasteiger partial charge in [0, 0.05) is 6.04 Å². The second-order valence-electron chi connectivity index (χ2n) is 6.04. The second kappa shape index (κ2) is 6.80. The van der Waals surface area contributed by atoms with Crippen LogP contribution in [0, 0.1) is 5.41 Å². The Balaban J connectivity index is 2.49. The lowest BCUT2D eigenvalue weighted by Crippen LogP contribution is -2.32. The minimum atomic E-state index is 0.435. The molecule has 0 amide bonds. The highest BCUT2D eigenvalue weighted by Crippen LogP contribution is 2.22. The molecule has 1 aromatic carbocycles. The molecule has 0 heterocycles. The maximum absolute atomic E-state index is 3.60. The van der Waals surface area contributed by atoms with Crippen molar-refractivity contribution in [2.45, 2.75) is 53.0 Å². The van der Waals surface area contributed by atoms with Crippen molar-refractivity contribution in [3.05, 3.63) is 35.9 Å². The summed E-state index contributed by atoms with van der Waals surface area (Å²) in [6.45, 7) is 10.2. The highest BCUT2D eigenvalue weighted by molar-refractivity contribution is 5.15. The Morgan fingerprint density at radius 1 is 1.12 bits per heavy atom. The number of likely N-dealkylation sites (N-methyl/N-ethyl adjacent to an activating group) is 1. The van der Waals surface area contributed by atoms with Crippen molar-refractivity contribution >= 4 is 0 Å². The molecule has 0 aliphatic heterocycles. The van der Waals surface area contributed by atoms with Gasteiger partial charge >= 0.3 is 0 Å². The fourth-order valence-corrected chi connectivity index (χ4v) is 2.07. The zero-order chi connectivity index (χ0) is 12.7. The summed E-state index contributed by atoms with van der Waals surface area (Å²) >= 11 is 0. The fraction of sp³-hybridized carbons (Fsp3) is 0.625. The molecule has 1 rings (SSSR count). The third kappa shape index (κ3) is 6.48. The zero-order valence-corrected chi connectivity index (χ0v) is 11.8. The van der Waals surface area contributed by atoms with E-state index in [-0.39, 0.29) is 0 Å². The minimum Gasteiger partial charge on any atom is -0.314 e. The SMILES string of the molecule is CCNC(CCC(C)(C)C)Cc1ccccc1. The molecule has 1 atom stereocenters. The molecule has 0 spiro atoms. The van der Waals surface area contributed by atoms with Crippen LogP contribution in [-0.4, -0.2) is 12.6 Å². The molecule has 0 saturated carbocycles. The Kier molecular flexibility index (Phi) is 5.70. The monoisotopic (exact) mass is 233 g/mol. The van der Waals surface area contributed by atoms with Crippen LogP contribution in [0.2, 0.25) is 0 Å². The van der Waals surface area contributed by atoms with Crippen molar-refractivity contribution in [3.8, 4) is 0 Å². The summed E-state index contributed by atoms with van der Waals surface area (Å²) in [5.41, 5.74) is 1.87. The Morgan fingerprint density at radius 3 is 2.29 bits per heavy atom. The van der Waals surface area contributed by atoms with Crippen molar-refractivity contribution in [1.82, 2.24) is 5.32 Å². The van der Waals surface area contributed by atoms with E-state index in [4.69, 9.17) is 0 Å². The Labute approximate surface area is 107 Å². The van der Waals surface area contributed by atoms with E-state index in [2.05, 4.69) is 63.3 Å². The summed E-state index contributed by atoms with van der Waals surface area (Å²) in [7, 11) is 0. The molecular weight excluding hydrogens is 206 g/mol. The smallest absolute Gasteiger partial charge is 0.0108 e. The average molecular weight is 233 g/mol. The van der Waals surface area contributed by atoms with Crippen LogP contribution >= 0.6 is 0 Å². The van der Waals surface area contributed by atoms with Crippen LogP contribution in [0.15, 0.2) is 30.3 Å². The maximum atomic E-state index is 3.60. The number of hydrogen-bond acceptors (Lipinski definition) is 1. The third-order valence-corrected chi connectivity index (χ3v) is 3.06. The van der Waals surface area contributed by atoms with Crippen LogP contribution < -0.4 is 5.32 Å². The van der Waals surface area contributed by atoms with E-state index >= 15 is 0 Å². The lowest BCUT2D eigenvalue weighted by Gasteiger charge is -2.24. The van der Waals surface area contributed by atoms with Crippen LogP contribution in [0.4, 0.5) is 0 Å². The Bertz CT molecular complexity index is 297. The first-order valence-electron chi connectivity index (χ1n) is 6.78. The zero-order valence-electron chi connectivity index (χ0n) is 11.8. The highest BCUT2D eigenvalue weighted by Gasteiger charge is 2.14. The standard InChI is InChI=1S/C16H27N/c1-5-17-15(11-12-16(2,3)4)13-14-9-7-6-8-10-14/h6-10,15,17H,5,11-13H2,1-4H3. The van der Waals surface area contributed by atoms with E-state index in [0.29, 0.717) is 11.5 Å². The van der Waals surface area contributed by atoms with Gasteiger partial charge in [0.2, 0.25) is 0 Å². The Morgan fingerprint density at radius 2 is 1.76 bits per heavy atom. The molecule has 1 heteroatoms. The molecule has 0 aromatic heterocycles. The molecule has 0 aliphatic rings. The predicted octanol–water partition coefficient (Wildman–Crippen LogP) is 4.03. The maximum Gasteiger partial charge on any atom is 0.0108 e. The van der Waals surface area contributed by atoms with E-state index in [1.54, 1.807) is 0 Å². The predicted molar refractivity (Wildman–Crippen MR) is 76.3 cm³/mol. The van der Waals surface area contributed by atoms with Crippen LogP contribution in [0.25, 0.3) is 0 Å². The summed E-state index contributed by atoms with van der Waals surface area (Å²) in [5, 5.41) is 3.60. The van der Waals surface area contributed by atoms with E-state index in [1.807, 2.05) is 0 Å². The minimum absolute atomic E-state index is 0.435. The Hall–Kier alpha value is -0.820. The summed E-state index contributed by atoms with van der Waals surface area (Å²) < 4.78 is 0. The normalized spacial score (nSPS) is 13.6. The van der Waals surface area contributed by atoms with Gasteiger partial charge in [-0.25, -0.2) is 0 Å². The topological polar surface area (TPSA) is 12.0 Å². The molecule has 96 valence electrons. The van der Waals surface area contributed by atoms with Gasteiger partial charge in [0.15, 0.2) is 0 Å². The summed E-state index contributed by atoms with van der Waals surface area (Å²) in [4.78, 5) is 0. The molecule has 0 aliphatic carbocycles. The van der Waals surface area contributed by atoms with Crippen LogP contribution in [0.1, 0.15) is 46.1 Å². The van der Waals surface area contributed by atoms with Crippen LogP contribution in [-0.2, 0) is 6.42 Å². The average Bonchev–Trinajstić information content (AvgIpc) is 2.27.